The second kappa shape index (κ2) is 19.6. The molecule has 40 heavy (non-hydrogen) atoms. The first-order valence-electron chi connectivity index (χ1n) is 14.2. The molecule has 0 unspecified atom stereocenters. The Bertz CT molecular complexity index is 1090. The molecule has 0 spiro atoms. The Labute approximate surface area is 239 Å². The summed E-state index contributed by atoms with van der Waals surface area (Å²) in [5.41, 5.74) is 3.59. The molecule has 0 fully saturated rings. The minimum absolute atomic E-state index is 0.275. The van der Waals surface area contributed by atoms with E-state index < -0.39 is 6.09 Å². The van der Waals surface area contributed by atoms with E-state index in [9.17, 15) is 4.79 Å². The van der Waals surface area contributed by atoms with Crippen molar-refractivity contribution in [3.63, 3.8) is 0 Å². The number of alkyl carbamates (subject to hydrolysis) is 1. The van der Waals surface area contributed by atoms with Gasteiger partial charge in [0.2, 0.25) is 0 Å². The Balaban J connectivity index is 1.79. The normalized spacial score (nSPS) is 11.1. The third-order valence-electron chi connectivity index (χ3n) is 5.67. The minimum atomic E-state index is -0.464. The molecule has 2 rings (SSSR count). The maximum Gasteiger partial charge on any atom is 0.407 e. The quantitative estimate of drug-likeness (QED) is 0.129. The molecule has 1 amide bonds. The summed E-state index contributed by atoms with van der Waals surface area (Å²) in [5.74, 6) is 7.46. The van der Waals surface area contributed by atoms with Crippen molar-refractivity contribution in [2.24, 2.45) is 22.1 Å². The first kappa shape index (κ1) is 32.8. The Hall–Kier alpha value is -3.41. The fourth-order valence-corrected chi connectivity index (χ4v) is 3.36. The fourth-order valence-electron chi connectivity index (χ4n) is 3.36. The van der Waals surface area contributed by atoms with Gasteiger partial charge in [0.15, 0.2) is 0 Å². The number of rotatable bonds is 17. The first-order valence-corrected chi connectivity index (χ1v) is 14.2. The molecule has 0 saturated heterocycles. The van der Waals surface area contributed by atoms with E-state index in [1.165, 1.54) is 0 Å². The van der Waals surface area contributed by atoms with Crippen LogP contribution in [0, 0.1) is 23.7 Å². The van der Waals surface area contributed by atoms with Crippen LogP contribution in [0.2, 0.25) is 0 Å². The Kier molecular flexibility index (Phi) is 16.1. The number of carbonyl (C=O) groups is 1. The number of azo groups is 1. The summed E-state index contributed by atoms with van der Waals surface area (Å²) in [7, 11) is 0. The predicted molar refractivity (Wildman–Crippen MR) is 159 cm³/mol. The molecule has 0 aromatic heterocycles. The molecule has 0 aliphatic carbocycles. The predicted octanol–water partition coefficient (Wildman–Crippen LogP) is 7.05. The van der Waals surface area contributed by atoms with Crippen LogP contribution in [0.15, 0.2) is 52.7 Å². The average Bonchev–Trinajstić information content (AvgIpc) is 2.94. The third kappa shape index (κ3) is 14.7. The van der Waals surface area contributed by atoms with Crippen molar-refractivity contribution in [2.45, 2.75) is 53.9 Å². The Morgan fingerprint density at radius 2 is 1.57 bits per heavy atom. The summed E-state index contributed by atoms with van der Waals surface area (Å²) in [6.45, 7) is 13.8. The van der Waals surface area contributed by atoms with Crippen LogP contribution in [0.3, 0.4) is 0 Å². The Morgan fingerprint density at radius 1 is 0.875 bits per heavy atom. The molecule has 2 aromatic carbocycles. The molecule has 2 aromatic rings. The molecule has 0 atom stereocenters. The van der Waals surface area contributed by atoms with E-state index in [1.807, 2.05) is 56.3 Å². The topological polar surface area (TPSA) is 90.7 Å². The number of nitrogens with one attached hydrogen (secondary N) is 1. The van der Waals surface area contributed by atoms with Crippen molar-refractivity contribution >= 4 is 17.5 Å². The first-order chi connectivity index (χ1) is 19.4. The number of aryl methyl sites for hydroxylation is 1. The van der Waals surface area contributed by atoms with Crippen LogP contribution >= 0.6 is 0 Å². The summed E-state index contributed by atoms with van der Waals surface area (Å²) in [6, 6.07) is 13.6. The second-order valence-electron chi connectivity index (χ2n) is 9.99. The number of ether oxygens (including phenoxy) is 4. The van der Waals surface area contributed by atoms with E-state index in [0.717, 1.165) is 36.3 Å². The molecule has 0 aliphatic heterocycles. The van der Waals surface area contributed by atoms with Crippen LogP contribution in [0.25, 0.3) is 0 Å². The van der Waals surface area contributed by atoms with Gasteiger partial charge in [-0.2, -0.15) is 5.11 Å². The van der Waals surface area contributed by atoms with Gasteiger partial charge in [-0.3, -0.25) is 0 Å². The van der Waals surface area contributed by atoms with Gasteiger partial charge >= 0.3 is 6.09 Å². The molecule has 0 aliphatic rings. The largest absolute Gasteiger partial charge is 0.489 e. The van der Waals surface area contributed by atoms with Crippen molar-refractivity contribution in [1.82, 2.24) is 5.32 Å². The third-order valence-corrected chi connectivity index (χ3v) is 5.67. The molecule has 0 heterocycles. The molecular weight excluding hydrogens is 506 g/mol. The van der Waals surface area contributed by atoms with Crippen LogP contribution < -0.4 is 10.1 Å². The number of hydrogen-bond donors (Lipinski definition) is 1. The highest BCUT2D eigenvalue weighted by molar-refractivity contribution is 5.67. The fraction of sp³-hybridized carbons (Fsp3) is 0.531. The average molecular weight is 552 g/mol. The standard InChI is InChI=1S/C32H45N3O5/c1-6-27-11-14-31(39-23-22-38-21-20-37-18-15-26(4)5)30(24-27)35-34-29-12-9-28(10-13-29)16-19-40-32(36)33-17-7-8-25(2)3/h9-14,24-26H,6,15-23H2,1-5H3,(H,33,36)/b35-34+. The van der Waals surface area contributed by atoms with Crippen molar-refractivity contribution in [2.75, 3.05) is 46.2 Å². The molecular formula is C32H45N3O5. The van der Waals surface area contributed by atoms with Gasteiger partial charge < -0.3 is 24.3 Å². The van der Waals surface area contributed by atoms with Gasteiger partial charge in [0.1, 0.15) is 18.0 Å². The molecule has 8 heteroatoms. The van der Waals surface area contributed by atoms with E-state index in [4.69, 9.17) is 18.9 Å². The van der Waals surface area contributed by atoms with Gasteiger partial charge in [-0.25, -0.2) is 4.79 Å². The summed E-state index contributed by atoms with van der Waals surface area (Å²) in [4.78, 5) is 11.7. The zero-order chi connectivity index (χ0) is 29.0. The zero-order valence-corrected chi connectivity index (χ0v) is 24.7. The van der Waals surface area contributed by atoms with Crippen LogP contribution in [-0.2, 0) is 27.1 Å². The van der Waals surface area contributed by atoms with Gasteiger partial charge in [0.25, 0.3) is 0 Å². The lowest BCUT2D eigenvalue weighted by molar-refractivity contribution is 0.0335. The van der Waals surface area contributed by atoms with E-state index in [-0.39, 0.29) is 19.1 Å². The monoisotopic (exact) mass is 551 g/mol. The second-order valence-corrected chi connectivity index (χ2v) is 9.99. The SMILES string of the molecule is CCc1ccc(OCCOCCOCCC(C)C)c(/N=N/c2ccc(CCOC(=O)NCC#CC(C)C)cc2)c1. The molecule has 1 N–H and O–H groups in total. The lowest BCUT2D eigenvalue weighted by Crippen LogP contribution is -2.25. The molecule has 218 valence electrons. The highest BCUT2D eigenvalue weighted by atomic mass is 16.6. The van der Waals surface area contributed by atoms with Crippen molar-refractivity contribution in [3.05, 3.63) is 53.6 Å². The zero-order valence-electron chi connectivity index (χ0n) is 24.7. The molecule has 0 bridgehead atoms. The van der Waals surface area contributed by atoms with Crippen LogP contribution in [0.5, 0.6) is 5.75 Å². The number of benzene rings is 2. The van der Waals surface area contributed by atoms with E-state index in [0.29, 0.717) is 50.2 Å². The highest BCUT2D eigenvalue weighted by Gasteiger charge is 2.06. The van der Waals surface area contributed by atoms with E-state index >= 15 is 0 Å². The minimum Gasteiger partial charge on any atom is -0.489 e. The molecule has 0 radical (unpaired) electrons. The van der Waals surface area contributed by atoms with Crippen molar-refractivity contribution in [3.8, 4) is 17.6 Å². The number of carbonyl (C=O) groups excluding carboxylic acids is 1. The smallest absolute Gasteiger partial charge is 0.407 e. The molecule has 8 nitrogen and oxygen atoms in total. The lowest BCUT2D eigenvalue weighted by atomic mass is 10.1. The van der Waals surface area contributed by atoms with Gasteiger partial charge in [-0.15, -0.1) is 5.11 Å². The Morgan fingerprint density at radius 3 is 2.27 bits per heavy atom. The van der Waals surface area contributed by atoms with Crippen LogP contribution in [0.4, 0.5) is 16.2 Å². The summed E-state index contributed by atoms with van der Waals surface area (Å²) >= 11 is 0. The summed E-state index contributed by atoms with van der Waals surface area (Å²) in [5, 5.41) is 11.5. The van der Waals surface area contributed by atoms with E-state index in [1.54, 1.807) is 0 Å². The van der Waals surface area contributed by atoms with E-state index in [2.05, 4.69) is 48.2 Å². The van der Waals surface area contributed by atoms with Gasteiger partial charge in [0.05, 0.1) is 38.7 Å². The van der Waals surface area contributed by atoms with Gasteiger partial charge in [-0.1, -0.05) is 64.7 Å². The van der Waals surface area contributed by atoms with Gasteiger partial charge in [-0.05, 0) is 54.2 Å². The molecule has 0 saturated carbocycles. The van der Waals surface area contributed by atoms with Gasteiger partial charge in [0, 0.05) is 18.9 Å². The lowest BCUT2D eigenvalue weighted by Gasteiger charge is -2.11. The van der Waals surface area contributed by atoms with Crippen molar-refractivity contribution < 1.29 is 23.7 Å². The maximum absolute atomic E-state index is 11.7. The summed E-state index contributed by atoms with van der Waals surface area (Å²) < 4.78 is 22.3. The van der Waals surface area contributed by atoms with Crippen LogP contribution in [-0.4, -0.2) is 52.3 Å². The summed E-state index contributed by atoms with van der Waals surface area (Å²) in [6.07, 6.45) is 2.09. The van der Waals surface area contributed by atoms with Crippen molar-refractivity contribution in [1.29, 1.82) is 0 Å². The number of nitrogens with zero attached hydrogens (tertiary/aromatic N) is 2. The van der Waals surface area contributed by atoms with Crippen LogP contribution in [0.1, 0.15) is 52.2 Å². The number of amides is 1. The maximum atomic E-state index is 11.7. The number of hydrogen-bond acceptors (Lipinski definition) is 7. The highest BCUT2D eigenvalue weighted by Crippen LogP contribution is 2.31.